The summed E-state index contributed by atoms with van der Waals surface area (Å²) in [7, 11) is 0. The Morgan fingerprint density at radius 1 is 0.714 bits per heavy atom. The van der Waals surface area contributed by atoms with Crippen LogP contribution in [0.3, 0.4) is 0 Å². The highest BCUT2D eigenvalue weighted by molar-refractivity contribution is 8.00. The van der Waals surface area contributed by atoms with E-state index in [0.29, 0.717) is 27.8 Å². The maximum Gasteiger partial charge on any atom is 0.276 e. The molecule has 0 radical (unpaired) electrons. The monoisotopic (exact) mass is 670 g/mol. The molecular formula is C39H34N4O5S. The van der Waals surface area contributed by atoms with E-state index in [1.807, 2.05) is 60.7 Å². The van der Waals surface area contributed by atoms with Gasteiger partial charge in [0, 0.05) is 27.9 Å². The topological polar surface area (TPSA) is 130 Å². The summed E-state index contributed by atoms with van der Waals surface area (Å²) < 4.78 is 0. The Hall–Kier alpha value is -6.00. The molecule has 0 spiro atoms. The second-order valence-corrected chi connectivity index (χ2v) is 12.5. The maximum atomic E-state index is 13.7. The first-order chi connectivity index (χ1) is 23.7. The predicted molar refractivity (Wildman–Crippen MR) is 194 cm³/mol. The molecule has 1 unspecified atom stereocenters. The first-order valence-electron chi connectivity index (χ1n) is 15.5. The minimum atomic E-state index is -0.688. The molecule has 0 aliphatic carbocycles. The Bertz CT molecular complexity index is 1980. The van der Waals surface area contributed by atoms with Crippen LogP contribution in [0.5, 0.6) is 0 Å². The number of benzene rings is 5. The second-order valence-electron chi connectivity index (χ2n) is 11.4. The molecule has 0 aliphatic rings. The van der Waals surface area contributed by atoms with Crippen LogP contribution in [0.25, 0.3) is 6.08 Å². The van der Waals surface area contributed by atoms with E-state index in [1.165, 1.54) is 41.6 Å². The van der Waals surface area contributed by atoms with Crippen LogP contribution >= 0.6 is 11.8 Å². The summed E-state index contributed by atoms with van der Waals surface area (Å²) in [4.78, 5) is 52.2. The van der Waals surface area contributed by atoms with Crippen molar-refractivity contribution in [1.29, 1.82) is 0 Å². The lowest BCUT2D eigenvalue weighted by molar-refractivity contribution is -0.385. The normalized spacial score (nSPS) is 11.8. The van der Waals surface area contributed by atoms with Crippen molar-refractivity contribution in [2.24, 2.45) is 0 Å². The summed E-state index contributed by atoms with van der Waals surface area (Å²) in [5, 5.41) is 19.5. The molecule has 246 valence electrons. The molecule has 5 aromatic carbocycles. The number of nitrogens with zero attached hydrogens (tertiary/aromatic N) is 1. The van der Waals surface area contributed by atoms with Crippen LogP contribution in [0.1, 0.15) is 52.1 Å². The van der Waals surface area contributed by atoms with Crippen LogP contribution in [0.2, 0.25) is 0 Å². The van der Waals surface area contributed by atoms with Gasteiger partial charge in [0.05, 0.1) is 10.5 Å². The van der Waals surface area contributed by atoms with Gasteiger partial charge in [-0.15, -0.1) is 11.8 Å². The molecule has 0 aliphatic heterocycles. The number of hydrogen-bond donors (Lipinski definition) is 3. The number of amides is 3. The number of thioether (sulfide) groups is 1. The van der Waals surface area contributed by atoms with Crippen LogP contribution in [0, 0.1) is 10.1 Å². The van der Waals surface area contributed by atoms with Gasteiger partial charge >= 0.3 is 0 Å². The van der Waals surface area contributed by atoms with Crippen LogP contribution in [-0.2, 0) is 9.59 Å². The molecule has 49 heavy (non-hydrogen) atoms. The van der Waals surface area contributed by atoms with Gasteiger partial charge in [0.25, 0.3) is 17.5 Å². The van der Waals surface area contributed by atoms with Crippen molar-refractivity contribution in [3.8, 4) is 0 Å². The van der Waals surface area contributed by atoms with Crippen LogP contribution in [-0.4, -0.2) is 22.6 Å². The van der Waals surface area contributed by atoms with Crippen LogP contribution in [0.4, 0.5) is 17.1 Å². The largest absolute Gasteiger partial charge is 0.325 e. The minimum absolute atomic E-state index is 0.144. The Balaban J connectivity index is 1.39. The molecular weight excluding hydrogens is 637 g/mol. The summed E-state index contributed by atoms with van der Waals surface area (Å²) >= 11 is 1.32. The summed E-state index contributed by atoms with van der Waals surface area (Å²) in [6.45, 7) is 4.22. The van der Waals surface area contributed by atoms with Gasteiger partial charge in [0.1, 0.15) is 10.9 Å². The van der Waals surface area contributed by atoms with Gasteiger partial charge in [0.15, 0.2) is 0 Å². The van der Waals surface area contributed by atoms with Crippen LogP contribution < -0.4 is 16.0 Å². The van der Waals surface area contributed by atoms with E-state index in [0.717, 1.165) is 5.56 Å². The third-order valence-electron chi connectivity index (χ3n) is 7.49. The smallest absolute Gasteiger partial charge is 0.276 e. The molecule has 3 N–H and O–H groups in total. The summed E-state index contributed by atoms with van der Waals surface area (Å²) in [5.41, 5.74) is 3.10. The number of para-hydroxylation sites is 1. The SMILES string of the molecule is CC(C)c1ccc(NC(=O)C(Sc2cccc(NC(=O)/C(=C\c3ccccc3[N+](=O)[O-])NC(=O)c3ccccc3)c2)c2ccccc2)cc1. The lowest BCUT2D eigenvalue weighted by atomic mass is 10.0. The number of rotatable bonds is 12. The van der Waals surface area contributed by atoms with Crippen molar-refractivity contribution in [2.75, 3.05) is 10.6 Å². The molecule has 0 heterocycles. The number of carbonyl (C=O) groups excluding carboxylic acids is 3. The number of carbonyl (C=O) groups is 3. The molecule has 1 atom stereocenters. The van der Waals surface area contributed by atoms with Crippen molar-refractivity contribution in [3.63, 3.8) is 0 Å². The molecule has 5 rings (SSSR count). The van der Waals surface area contributed by atoms with Gasteiger partial charge < -0.3 is 16.0 Å². The van der Waals surface area contributed by atoms with E-state index in [1.54, 1.807) is 54.6 Å². The molecule has 10 heteroatoms. The van der Waals surface area contributed by atoms with Gasteiger partial charge in [-0.1, -0.05) is 92.7 Å². The quantitative estimate of drug-likeness (QED) is 0.0528. The molecule has 3 amide bonds. The minimum Gasteiger partial charge on any atom is -0.325 e. The average Bonchev–Trinajstić information content (AvgIpc) is 3.11. The molecule has 9 nitrogen and oxygen atoms in total. The van der Waals surface area contributed by atoms with Gasteiger partial charge in [0.2, 0.25) is 5.91 Å². The highest BCUT2D eigenvalue weighted by Gasteiger charge is 2.23. The van der Waals surface area contributed by atoms with E-state index >= 15 is 0 Å². The van der Waals surface area contributed by atoms with E-state index in [9.17, 15) is 24.5 Å². The Morgan fingerprint density at radius 3 is 2.04 bits per heavy atom. The first kappa shape index (κ1) is 34.3. The van der Waals surface area contributed by atoms with Crippen LogP contribution in [0.15, 0.2) is 144 Å². The number of nitro benzene ring substituents is 1. The van der Waals surface area contributed by atoms with Crippen molar-refractivity contribution in [2.45, 2.75) is 29.9 Å². The number of anilines is 2. The molecule has 0 aromatic heterocycles. The maximum absolute atomic E-state index is 13.7. The zero-order chi connectivity index (χ0) is 34.8. The third-order valence-corrected chi connectivity index (χ3v) is 8.74. The van der Waals surface area contributed by atoms with Gasteiger partial charge in [-0.3, -0.25) is 24.5 Å². The lowest BCUT2D eigenvalue weighted by Gasteiger charge is -2.18. The second kappa shape index (κ2) is 16.2. The first-order valence-corrected chi connectivity index (χ1v) is 16.4. The van der Waals surface area contributed by atoms with Gasteiger partial charge in [-0.05, 0) is 71.7 Å². The average molecular weight is 671 g/mol. The molecule has 0 saturated carbocycles. The number of nitrogens with one attached hydrogen (secondary N) is 3. The highest BCUT2D eigenvalue weighted by atomic mass is 32.2. The van der Waals surface area contributed by atoms with Crippen molar-refractivity contribution >= 4 is 52.6 Å². The zero-order valence-corrected chi connectivity index (χ0v) is 27.6. The van der Waals surface area contributed by atoms with Crippen molar-refractivity contribution in [1.82, 2.24) is 5.32 Å². The highest BCUT2D eigenvalue weighted by Crippen LogP contribution is 2.37. The molecule has 0 fully saturated rings. The molecule has 0 saturated heterocycles. The van der Waals surface area contributed by atoms with Crippen molar-refractivity contribution in [3.05, 3.63) is 172 Å². The van der Waals surface area contributed by atoms with Crippen molar-refractivity contribution < 1.29 is 19.3 Å². The summed E-state index contributed by atoms with van der Waals surface area (Å²) in [6.07, 6.45) is 1.27. The van der Waals surface area contributed by atoms with E-state index in [-0.39, 0.29) is 22.9 Å². The number of nitro groups is 1. The fraction of sp³-hybridized carbons (Fsp3) is 0.103. The van der Waals surface area contributed by atoms with Gasteiger partial charge in [-0.2, -0.15) is 0 Å². The third kappa shape index (κ3) is 9.30. The fourth-order valence-corrected chi connectivity index (χ4v) is 6.00. The standard InChI is InChI=1S/C39H34N4O5S/c1-26(2)27-20-22-31(23-21-27)40-39(46)36(28-12-5-3-6-13-28)49-33-18-11-17-32(25-33)41-38(45)34(42-37(44)29-14-7-4-8-15-29)24-30-16-9-10-19-35(30)43(47)48/h3-26,36H,1-2H3,(H,40,46)(H,41,45)(H,42,44)/b34-24+. The summed E-state index contributed by atoms with van der Waals surface area (Å²) in [5.74, 6) is -1.08. The Labute approximate surface area is 288 Å². The predicted octanol–water partition coefficient (Wildman–Crippen LogP) is 8.60. The van der Waals surface area contributed by atoms with E-state index in [2.05, 4.69) is 29.8 Å². The van der Waals surface area contributed by atoms with Gasteiger partial charge in [-0.25, -0.2) is 0 Å². The molecule has 5 aromatic rings. The summed E-state index contributed by atoms with van der Waals surface area (Å²) in [6, 6.07) is 38.4. The lowest BCUT2D eigenvalue weighted by Crippen LogP contribution is -2.30. The Kier molecular flexibility index (Phi) is 11.4. The Morgan fingerprint density at radius 2 is 1.37 bits per heavy atom. The fourth-order valence-electron chi connectivity index (χ4n) is 4.92. The number of hydrogen-bond acceptors (Lipinski definition) is 6. The van der Waals surface area contributed by atoms with E-state index < -0.39 is 22.0 Å². The molecule has 0 bridgehead atoms. The zero-order valence-electron chi connectivity index (χ0n) is 26.8. The van der Waals surface area contributed by atoms with E-state index in [4.69, 9.17) is 0 Å².